The maximum atomic E-state index is 5.50. The van der Waals surface area contributed by atoms with Crippen LogP contribution in [-0.2, 0) is 0 Å². The third-order valence-corrected chi connectivity index (χ3v) is 7.63. The summed E-state index contributed by atoms with van der Waals surface area (Å²) in [6, 6.07) is 7.70. The van der Waals surface area contributed by atoms with Crippen LogP contribution in [0.3, 0.4) is 0 Å². The van der Waals surface area contributed by atoms with Crippen LogP contribution in [0.15, 0.2) is 29.3 Å². The van der Waals surface area contributed by atoms with E-state index in [1.807, 2.05) is 30.5 Å². The number of benzene rings is 1. The lowest BCUT2D eigenvalue weighted by atomic mass is 10.1. The third-order valence-electron chi connectivity index (χ3n) is 7.00. The van der Waals surface area contributed by atoms with Gasteiger partial charge in [-0.25, -0.2) is 9.97 Å². The van der Waals surface area contributed by atoms with Crippen molar-refractivity contribution in [2.45, 2.75) is 5.03 Å². The molecule has 2 aliphatic heterocycles. The fourth-order valence-electron chi connectivity index (χ4n) is 4.53. The maximum Gasteiger partial charge on any atom is 0.236 e. The van der Waals surface area contributed by atoms with Crippen LogP contribution in [0.4, 0.5) is 23.8 Å². The van der Waals surface area contributed by atoms with Crippen molar-refractivity contribution in [3.8, 4) is 22.8 Å². The zero-order valence-electron chi connectivity index (χ0n) is 23.2. The minimum Gasteiger partial charge on any atom is -0.493 e. The van der Waals surface area contributed by atoms with Crippen molar-refractivity contribution in [1.29, 1.82) is 0 Å². The average molecular weight is 553 g/mol. The van der Waals surface area contributed by atoms with E-state index in [9.17, 15) is 0 Å². The Labute approximate surface area is 233 Å². The summed E-state index contributed by atoms with van der Waals surface area (Å²) in [5.41, 5.74) is 1.64. The summed E-state index contributed by atoms with van der Waals surface area (Å²) in [6.45, 7) is 7.32. The SMILES string of the molecule is COc1ccc(-c2cc(SC)nc(Nc3nc(N4CCN(C)CC4)nc(N4CCN(C)CC4)n3)n2)cc1OC. The van der Waals surface area contributed by atoms with Crippen LogP contribution in [0.2, 0.25) is 0 Å². The van der Waals surface area contributed by atoms with Gasteiger partial charge in [-0.2, -0.15) is 15.0 Å². The summed E-state index contributed by atoms with van der Waals surface area (Å²) >= 11 is 1.55. The van der Waals surface area contributed by atoms with Gasteiger partial charge in [-0.3, -0.25) is 5.32 Å². The Bertz CT molecular complexity index is 1240. The third kappa shape index (κ3) is 6.43. The second-order valence-electron chi connectivity index (χ2n) is 9.65. The first-order valence-corrected chi connectivity index (χ1v) is 14.2. The number of thioether (sulfide) groups is 1. The predicted octanol–water partition coefficient (Wildman–Crippen LogP) is 2.31. The number of methoxy groups -OCH3 is 2. The van der Waals surface area contributed by atoms with E-state index in [0.717, 1.165) is 68.6 Å². The van der Waals surface area contributed by atoms with Crippen molar-refractivity contribution in [3.05, 3.63) is 24.3 Å². The molecule has 0 unspecified atom stereocenters. The van der Waals surface area contributed by atoms with Crippen molar-refractivity contribution in [2.24, 2.45) is 0 Å². The van der Waals surface area contributed by atoms with Crippen LogP contribution in [0, 0.1) is 0 Å². The molecular formula is C26H36N10O2S. The Balaban J connectivity index is 1.48. The lowest BCUT2D eigenvalue weighted by Gasteiger charge is -2.34. The standard InChI is InChI=1S/C26H36N10O2S/c1-33-8-12-35(13-9-33)25-30-24(31-26(32-25)36-14-10-34(2)11-15-36)29-23-27-19(17-22(28-23)39-5)18-6-7-20(37-3)21(16-18)38-4/h6-7,16-17H,8-15H2,1-5H3,(H,27,28,29,30,31,32). The topological polar surface area (TPSA) is 108 Å². The second kappa shape index (κ2) is 12.2. The van der Waals surface area contributed by atoms with Gasteiger partial charge in [-0.05, 0) is 44.6 Å². The number of hydrogen-bond donors (Lipinski definition) is 1. The van der Waals surface area contributed by atoms with Crippen LogP contribution >= 0.6 is 11.8 Å². The Hall–Kier alpha value is -3.42. The summed E-state index contributed by atoms with van der Waals surface area (Å²) < 4.78 is 10.9. The van der Waals surface area contributed by atoms with Crippen LogP contribution < -0.4 is 24.6 Å². The van der Waals surface area contributed by atoms with Crippen LogP contribution in [0.1, 0.15) is 0 Å². The van der Waals surface area contributed by atoms with E-state index in [1.165, 1.54) is 0 Å². The number of aromatic nitrogens is 5. The first kappa shape index (κ1) is 27.2. The summed E-state index contributed by atoms with van der Waals surface area (Å²) in [6.07, 6.45) is 1.99. The van der Waals surface area contributed by atoms with Crippen LogP contribution in [-0.4, -0.2) is 122 Å². The highest BCUT2D eigenvalue weighted by Crippen LogP contribution is 2.33. The fourth-order valence-corrected chi connectivity index (χ4v) is 4.94. The molecular weight excluding hydrogens is 516 g/mol. The summed E-state index contributed by atoms with van der Waals surface area (Å²) in [5.74, 6) is 3.51. The summed E-state index contributed by atoms with van der Waals surface area (Å²) in [4.78, 5) is 33.1. The Morgan fingerprint density at radius 2 is 1.26 bits per heavy atom. The molecule has 0 atom stereocenters. The van der Waals surface area contributed by atoms with E-state index >= 15 is 0 Å². The molecule has 5 rings (SSSR count). The molecule has 208 valence electrons. The molecule has 13 heteroatoms. The molecule has 39 heavy (non-hydrogen) atoms. The lowest BCUT2D eigenvalue weighted by Crippen LogP contribution is -2.46. The van der Waals surface area contributed by atoms with Crippen molar-refractivity contribution in [2.75, 3.05) is 102 Å². The van der Waals surface area contributed by atoms with Gasteiger partial charge in [0, 0.05) is 57.9 Å². The van der Waals surface area contributed by atoms with Gasteiger partial charge in [0.05, 0.1) is 19.9 Å². The number of nitrogens with one attached hydrogen (secondary N) is 1. The Kier molecular flexibility index (Phi) is 8.48. The van der Waals surface area contributed by atoms with Crippen LogP contribution in [0.25, 0.3) is 11.3 Å². The number of anilines is 4. The average Bonchev–Trinajstić information content (AvgIpc) is 2.97. The molecule has 3 aromatic rings. The van der Waals surface area contributed by atoms with Gasteiger partial charge >= 0.3 is 0 Å². The van der Waals surface area contributed by atoms with Gasteiger partial charge in [-0.1, -0.05) is 0 Å². The molecule has 2 saturated heterocycles. The van der Waals surface area contributed by atoms with E-state index in [1.54, 1.807) is 26.0 Å². The molecule has 1 aromatic carbocycles. The zero-order chi connectivity index (χ0) is 27.4. The van der Waals surface area contributed by atoms with Crippen molar-refractivity contribution in [1.82, 2.24) is 34.7 Å². The van der Waals surface area contributed by atoms with E-state index in [-0.39, 0.29) is 0 Å². The molecule has 0 spiro atoms. The number of nitrogens with zero attached hydrogens (tertiary/aromatic N) is 9. The first-order chi connectivity index (χ1) is 18.9. The predicted molar refractivity (Wildman–Crippen MR) is 155 cm³/mol. The van der Waals surface area contributed by atoms with Gasteiger partial charge in [0.2, 0.25) is 23.8 Å². The van der Waals surface area contributed by atoms with Gasteiger partial charge in [0.15, 0.2) is 11.5 Å². The highest BCUT2D eigenvalue weighted by atomic mass is 32.2. The minimum absolute atomic E-state index is 0.423. The van der Waals surface area contributed by atoms with Crippen LogP contribution in [0.5, 0.6) is 11.5 Å². The normalized spacial score (nSPS) is 16.8. The smallest absolute Gasteiger partial charge is 0.236 e. The quantitative estimate of drug-likeness (QED) is 0.326. The summed E-state index contributed by atoms with van der Waals surface area (Å²) in [7, 11) is 7.52. The number of piperazine rings is 2. The largest absolute Gasteiger partial charge is 0.493 e. The zero-order valence-corrected chi connectivity index (χ0v) is 24.0. The summed E-state index contributed by atoms with van der Waals surface area (Å²) in [5, 5.41) is 4.11. The van der Waals surface area contributed by atoms with E-state index in [0.29, 0.717) is 35.3 Å². The maximum absolute atomic E-state index is 5.50. The van der Waals surface area contributed by atoms with Gasteiger partial charge in [-0.15, -0.1) is 11.8 Å². The molecule has 2 aromatic heterocycles. The number of hydrogen-bond acceptors (Lipinski definition) is 13. The van der Waals surface area contributed by atoms with E-state index < -0.39 is 0 Å². The molecule has 1 N–H and O–H groups in total. The van der Waals surface area contributed by atoms with Crippen molar-refractivity contribution < 1.29 is 9.47 Å². The molecule has 0 amide bonds. The molecule has 2 fully saturated rings. The fraction of sp³-hybridized carbons (Fsp3) is 0.500. The number of ether oxygens (including phenoxy) is 2. The Morgan fingerprint density at radius 3 is 1.79 bits per heavy atom. The van der Waals surface area contributed by atoms with Gasteiger partial charge < -0.3 is 29.1 Å². The van der Waals surface area contributed by atoms with Crippen molar-refractivity contribution in [3.63, 3.8) is 0 Å². The van der Waals surface area contributed by atoms with E-state index in [2.05, 4.69) is 39.0 Å². The second-order valence-corrected chi connectivity index (χ2v) is 10.5. The first-order valence-electron chi connectivity index (χ1n) is 13.0. The molecule has 0 bridgehead atoms. The monoisotopic (exact) mass is 552 g/mol. The molecule has 4 heterocycles. The molecule has 12 nitrogen and oxygen atoms in total. The minimum atomic E-state index is 0.423. The molecule has 0 aliphatic carbocycles. The lowest BCUT2D eigenvalue weighted by molar-refractivity contribution is 0.309. The number of rotatable bonds is 8. The highest BCUT2D eigenvalue weighted by molar-refractivity contribution is 7.98. The van der Waals surface area contributed by atoms with Gasteiger partial charge in [0.25, 0.3) is 0 Å². The highest BCUT2D eigenvalue weighted by Gasteiger charge is 2.23. The van der Waals surface area contributed by atoms with Gasteiger partial charge in [0.1, 0.15) is 5.03 Å². The van der Waals surface area contributed by atoms with Crippen molar-refractivity contribution >= 4 is 35.6 Å². The molecule has 0 radical (unpaired) electrons. The van der Waals surface area contributed by atoms with E-state index in [4.69, 9.17) is 34.4 Å². The Morgan fingerprint density at radius 1 is 0.692 bits per heavy atom. The molecule has 0 saturated carbocycles. The molecule has 2 aliphatic rings. The number of likely N-dealkylation sites (N-methyl/N-ethyl adjacent to an activating group) is 2.